The molecular weight excluding hydrogens is 220 g/mol. The molecule has 0 aliphatic carbocycles. The van der Waals surface area contributed by atoms with Crippen LogP contribution in [-0.4, -0.2) is 25.7 Å². The summed E-state index contributed by atoms with van der Waals surface area (Å²) in [5.74, 6) is 0.709. The van der Waals surface area contributed by atoms with Crippen molar-refractivity contribution in [3.63, 3.8) is 0 Å². The summed E-state index contributed by atoms with van der Waals surface area (Å²) < 4.78 is 0. The molecule has 18 heavy (non-hydrogen) atoms. The lowest BCUT2D eigenvalue weighted by Crippen LogP contribution is -2.28. The van der Waals surface area contributed by atoms with Gasteiger partial charge in [-0.05, 0) is 43.4 Å². The topological polar surface area (TPSA) is 15.3 Å². The Labute approximate surface area is 110 Å². The fourth-order valence-corrected chi connectivity index (χ4v) is 3.68. The van der Waals surface area contributed by atoms with Crippen molar-refractivity contribution in [3.8, 4) is 0 Å². The van der Waals surface area contributed by atoms with E-state index in [0.29, 0.717) is 18.0 Å². The number of anilines is 1. The molecule has 1 N–H and O–H groups in total. The van der Waals surface area contributed by atoms with Gasteiger partial charge < -0.3 is 10.2 Å². The Morgan fingerprint density at radius 2 is 2.22 bits per heavy atom. The van der Waals surface area contributed by atoms with E-state index in [-0.39, 0.29) is 0 Å². The van der Waals surface area contributed by atoms with Crippen molar-refractivity contribution in [3.05, 3.63) is 29.3 Å². The van der Waals surface area contributed by atoms with Gasteiger partial charge in [0.15, 0.2) is 0 Å². The quantitative estimate of drug-likeness (QED) is 0.860. The fraction of sp³-hybridized carbons (Fsp3) is 0.625. The Bertz CT molecular complexity index is 441. The van der Waals surface area contributed by atoms with Gasteiger partial charge in [0.25, 0.3) is 0 Å². The number of likely N-dealkylation sites (N-methyl/N-ethyl adjacent to an activating group) is 1. The maximum atomic E-state index is 3.72. The summed E-state index contributed by atoms with van der Waals surface area (Å²) in [5, 5.41) is 3.72. The molecule has 2 aliphatic heterocycles. The summed E-state index contributed by atoms with van der Waals surface area (Å²) in [7, 11) is 2.19. The fourth-order valence-electron chi connectivity index (χ4n) is 3.68. The summed E-state index contributed by atoms with van der Waals surface area (Å²) in [6, 6.07) is 8.47. The number of fused-ring (bicyclic) bond motifs is 1. The van der Waals surface area contributed by atoms with Gasteiger partial charge in [-0.2, -0.15) is 0 Å². The van der Waals surface area contributed by atoms with Crippen LogP contribution >= 0.6 is 0 Å². The minimum atomic E-state index is 0.663. The van der Waals surface area contributed by atoms with Crippen LogP contribution in [0.3, 0.4) is 0 Å². The maximum absolute atomic E-state index is 3.72. The zero-order valence-corrected chi connectivity index (χ0v) is 11.7. The smallest absolute Gasteiger partial charge is 0.0397 e. The Balaban J connectivity index is 1.89. The lowest BCUT2D eigenvalue weighted by Gasteiger charge is -2.19. The molecule has 1 aromatic rings. The van der Waals surface area contributed by atoms with E-state index in [1.807, 2.05) is 0 Å². The average Bonchev–Trinajstić information content (AvgIpc) is 2.93. The first-order valence-electron chi connectivity index (χ1n) is 7.29. The zero-order chi connectivity index (χ0) is 12.7. The highest BCUT2D eigenvalue weighted by Gasteiger charge is 2.31. The molecule has 2 aliphatic rings. The van der Waals surface area contributed by atoms with Gasteiger partial charge in [0.2, 0.25) is 0 Å². The summed E-state index contributed by atoms with van der Waals surface area (Å²) in [6.45, 7) is 5.78. The van der Waals surface area contributed by atoms with Crippen molar-refractivity contribution >= 4 is 5.69 Å². The van der Waals surface area contributed by atoms with Crippen LogP contribution in [0.2, 0.25) is 0 Å². The van der Waals surface area contributed by atoms with Crippen LogP contribution in [0.1, 0.15) is 43.7 Å². The molecule has 98 valence electrons. The Morgan fingerprint density at radius 1 is 1.39 bits per heavy atom. The number of hydrogen-bond donors (Lipinski definition) is 1. The molecule has 3 rings (SSSR count). The molecule has 3 unspecified atom stereocenters. The second-order valence-corrected chi connectivity index (χ2v) is 5.98. The van der Waals surface area contributed by atoms with Gasteiger partial charge in [0.1, 0.15) is 0 Å². The predicted octanol–water partition coefficient (Wildman–Crippen LogP) is 2.92. The van der Waals surface area contributed by atoms with Crippen molar-refractivity contribution in [1.82, 2.24) is 5.32 Å². The standard InChI is InChI=1S/C16H24N2/c1-4-15-14(9-11(2)17-15)12-5-6-16-13(10-12)7-8-18(16)3/h5-6,10-11,14-15,17H,4,7-9H2,1-3H3. The highest BCUT2D eigenvalue weighted by Crippen LogP contribution is 2.36. The van der Waals surface area contributed by atoms with Crippen LogP contribution in [0.15, 0.2) is 18.2 Å². The minimum Gasteiger partial charge on any atom is -0.374 e. The molecule has 1 saturated heterocycles. The average molecular weight is 244 g/mol. The second kappa shape index (κ2) is 4.58. The first kappa shape index (κ1) is 12.0. The number of rotatable bonds is 2. The van der Waals surface area contributed by atoms with Crippen molar-refractivity contribution in [2.45, 2.75) is 51.1 Å². The second-order valence-electron chi connectivity index (χ2n) is 5.98. The van der Waals surface area contributed by atoms with Crippen molar-refractivity contribution in [2.24, 2.45) is 0 Å². The first-order valence-corrected chi connectivity index (χ1v) is 7.29. The zero-order valence-electron chi connectivity index (χ0n) is 11.7. The van der Waals surface area contributed by atoms with E-state index in [9.17, 15) is 0 Å². The minimum absolute atomic E-state index is 0.663. The van der Waals surface area contributed by atoms with Crippen LogP contribution in [0.4, 0.5) is 5.69 Å². The van der Waals surface area contributed by atoms with E-state index < -0.39 is 0 Å². The predicted molar refractivity (Wildman–Crippen MR) is 77.5 cm³/mol. The number of benzene rings is 1. The Morgan fingerprint density at radius 3 is 3.00 bits per heavy atom. The van der Waals surface area contributed by atoms with E-state index >= 15 is 0 Å². The molecule has 2 nitrogen and oxygen atoms in total. The number of nitrogens with one attached hydrogen (secondary N) is 1. The summed E-state index contributed by atoms with van der Waals surface area (Å²) >= 11 is 0. The van der Waals surface area contributed by atoms with Gasteiger partial charge in [-0.25, -0.2) is 0 Å². The first-order chi connectivity index (χ1) is 8.69. The van der Waals surface area contributed by atoms with E-state index in [0.717, 1.165) is 0 Å². The van der Waals surface area contributed by atoms with Crippen molar-refractivity contribution < 1.29 is 0 Å². The molecule has 0 amide bonds. The van der Waals surface area contributed by atoms with Gasteiger partial charge in [-0.1, -0.05) is 19.1 Å². The molecular formula is C16H24N2. The summed E-state index contributed by atoms with van der Waals surface area (Å²) in [5.41, 5.74) is 4.53. The van der Waals surface area contributed by atoms with E-state index in [1.54, 1.807) is 11.1 Å². The normalized spacial score (nSPS) is 30.8. The Hall–Kier alpha value is -1.02. The third-order valence-corrected chi connectivity index (χ3v) is 4.69. The molecule has 2 heteroatoms. The third kappa shape index (κ3) is 1.93. The molecule has 3 atom stereocenters. The van der Waals surface area contributed by atoms with Crippen molar-refractivity contribution in [2.75, 3.05) is 18.5 Å². The van der Waals surface area contributed by atoms with Crippen molar-refractivity contribution in [1.29, 1.82) is 0 Å². The van der Waals surface area contributed by atoms with Gasteiger partial charge in [0, 0.05) is 37.3 Å². The van der Waals surface area contributed by atoms with Gasteiger partial charge in [-0.15, -0.1) is 0 Å². The largest absolute Gasteiger partial charge is 0.374 e. The van der Waals surface area contributed by atoms with Crippen LogP contribution in [-0.2, 0) is 6.42 Å². The van der Waals surface area contributed by atoms with E-state index in [4.69, 9.17) is 0 Å². The van der Waals surface area contributed by atoms with Gasteiger partial charge in [-0.3, -0.25) is 0 Å². The highest BCUT2D eigenvalue weighted by atomic mass is 15.1. The van der Waals surface area contributed by atoms with E-state index in [1.165, 1.54) is 31.5 Å². The maximum Gasteiger partial charge on any atom is 0.0397 e. The molecule has 1 aromatic carbocycles. The molecule has 0 radical (unpaired) electrons. The van der Waals surface area contributed by atoms with Crippen LogP contribution in [0.5, 0.6) is 0 Å². The lowest BCUT2D eigenvalue weighted by molar-refractivity contribution is 0.517. The molecule has 1 fully saturated rings. The van der Waals surface area contributed by atoms with Crippen LogP contribution < -0.4 is 10.2 Å². The monoisotopic (exact) mass is 244 g/mol. The molecule has 0 aromatic heterocycles. The lowest BCUT2D eigenvalue weighted by atomic mass is 9.88. The van der Waals surface area contributed by atoms with Crippen LogP contribution in [0.25, 0.3) is 0 Å². The molecule has 0 spiro atoms. The third-order valence-electron chi connectivity index (χ3n) is 4.69. The molecule has 2 heterocycles. The summed E-state index contributed by atoms with van der Waals surface area (Å²) in [6.07, 6.45) is 3.73. The number of nitrogens with zero attached hydrogens (tertiary/aromatic N) is 1. The molecule has 0 bridgehead atoms. The van der Waals surface area contributed by atoms with E-state index in [2.05, 4.69) is 49.3 Å². The Kier molecular flexibility index (Phi) is 3.06. The highest BCUT2D eigenvalue weighted by molar-refractivity contribution is 5.59. The summed E-state index contributed by atoms with van der Waals surface area (Å²) in [4.78, 5) is 2.37. The van der Waals surface area contributed by atoms with Gasteiger partial charge >= 0.3 is 0 Å². The number of hydrogen-bond acceptors (Lipinski definition) is 2. The SMILES string of the molecule is CCC1NC(C)CC1c1ccc2c(c1)CCN2C. The van der Waals surface area contributed by atoms with Crippen LogP contribution in [0, 0.1) is 0 Å². The molecule has 0 saturated carbocycles. The van der Waals surface area contributed by atoms with Gasteiger partial charge in [0.05, 0.1) is 0 Å².